The fraction of sp³-hybridized carbons (Fsp3) is 0.0455. The van der Waals surface area contributed by atoms with Crippen LogP contribution in [0.1, 0.15) is 5.56 Å². The summed E-state index contributed by atoms with van der Waals surface area (Å²) in [5.74, 6) is -0.574. The second kappa shape index (κ2) is 9.12. The van der Waals surface area contributed by atoms with Crippen LogP contribution in [0.25, 0.3) is 26.9 Å². The molecule has 0 aliphatic heterocycles. The molecule has 32 heavy (non-hydrogen) atoms. The third-order valence-electron chi connectivity index (χ3n) is 4.49. The molecule has 4 rings (SSSR count). The van der Waals surface area contributed by atoms with Crippen molar-refractivity contribution < 1.29 is 9.13 Å². The SMILES string of the molecule is COc1cc(-c2cc3[nH]c(=O)n(/C=C/N=Cc4cccc(Cl)c4)c(=O)c3s2)c(Cl)cc1F. The third-order valence-corrected chi connectivity index (χ3v) is 6.19. The van der Waals surface area contributed by atoms with Crippen LogP contribution in [0.4, 0.5) is 4.39 Å². The lowest BCUT2D eigenvalue weighted by Gasteiger charge is -2.06. The Morgan fingerprint density at radius 2 is 2.00 bits per heavy atom. The molecule has 0 saturated heterocycles. The molecule has 0 radical (unpaired) electrons. The molecule has 0 aliphatic rings. The van der Waals surface area contributed by atoms with E-state index in [2.05, 4.69) is 9.98 Å². The van der Waals surface area contributed by atoms with Gasteiger partial charge < -0.3 is 9.72 Å². The number of nitrogens with zero attached hydrogens (tertiary/aromatic N) is 2. The number of aliphatic imine (C=N–C) groups is 1. The number of hydrogen-bond acceptors (Lipinski definition) is 5. The number of halogens is 3. The highest BCUT2D eigenvalue weighted by atomic mass is 35.5. The zero-order valence-corrected chi connectivity index (χ0v) is 18.8. The van der Waals surface area contributed by atoms with E-state index in [0.717, 1.165) is 27.5 Å². The van der Waals surface area contributed by atoms with Gasteiger partial charge in [0.25, 0.3) is 5.56 Å². The summed E-state index contributed by atoms with van der Waals surface area (Å²) in [5.41, 5.74) is 0.475. The maximum Gasteiger partial charge on any atom is 0.333 e. The Morgan fingerprint density at radius 3 is 2.75 bits per heavy atom. The molecule has 0 aliphatic carbocycles. The van der Waals surface area contributed by atoms with E-state index < -0.39 is 17.1 Å². The molecule has 0 bridgehead atoms. The minimum atomic E-state index is -0.621. The van der Waals surface area contributed by atoms with Crippen LogP contribution in [0.15, 0.2) is 63.2 Å². The highest BCUT2D eigenvalue weighted by molar-refractivity contribution is 7.22. The Kier molecular flexibility index (Phi) is 6.27. The van der Waals surface area contributed by atoms with Crippen molar-refractivity contribution in [1.29, 1.82) is 0 Å². The van der Waals surface area contributed by atoms with E-state index >= 15 is 0 Å². The number of ether oxygens (including phenoxy) is 1. The van der Waals surface area contributed by atoms with Crippen molar-refractivity contribution in [2.75, 3.05) is 7.11 Å². The minimum Gasteiger partial charge on any atom is -0.494 e. The van der Waals surface area contributed by atoms with Crippen LogP contribution in [-0.4, -0.2) is 22.9 Å². The number of nitrogens with one attached hydrogen (secondary N) is 1. The predicted molar refractivity (Wildman–Crippen MR) is 128 cm³/mol. The van der Waals surface area contributed by atoms with Crippen molar-refractivity contribution in [3.63, 3.8) is 0 Å². The van der Waals surface area contributed by atoms with Crippen LogP contribution in [0.2, 0.25) is 10.0 Å². The maximum atomic E-state index is 13.9. The van der Waals surface area contributed by atoms with Crippen molar-refractivity contribution in [1.82, 2.24) is 9.55 Å². The lowest BCUT2D eigenvalue weighted by atomic mass is 10.1. The zero-order chi connectivity index (χ0) is 22.8. The number of thiophene rings is 1. The molecule has 0 unspecified atom stereocenters. The van der Waals surface area contributed by atoms with Crippen molar-refractivity contribution in [2.45, 2.75) is 0 Å². The molecule has 0 spiro atoms. The first-order chi connectivity index (χ1) is 15.4. The molecule has 10 heteroatoms. The van der Waals surface area contributed by atoms with Gasteiger partial charge in [-0.05, 0) is 35.9 Å². The van der Waals surface area contributed by atoms with Crippen molar-refractivity contribution in [2.24, 2.45) is 4.99 Å². The first-order valence-corrected chi connectivity index (χ1v) is 10.7. The summed E-state index contributed by atoms with van der Waals surface area (Å²) in [6.45, 7) is 0. The fourth-order valence-corrected chi connectivity index (χ4v) is 4.57. The van der Waals surface area contributed by atoms with Gasteiger partial charge in [0.1, 0.15) is 4.70 Å². The van der Waals surface area contributed by atoms with E-state index in [1.165, 1.54) is 25.6 Å². The zero-order valence-electron chi connectivity index (χ0n) is 16.4. The molecule has 1 N–H and O–H groups in total. The largest absolute Gasteiger partial charge is 0.494 e. The lowest BCUT2D eigenvalue weighted by molar-refractivity contribution is 0.387. The standard InChI is InChI=1S/C22H14Cl2FN3O3S/c1-31-18-8-14(15(24)9-16(18)25)19-10-17-20(32-19)21(29)28(22(30)27-17)6-5-26-11-12-3-2-4-13(23)7-12/h2-11H,1H3,(H,27,30)/b6-5+,26-11?. The maximum absolute atomic E-state index is 13.9. The highest BCUT2D eigenvalue weighted by Gasteiger charge is 2.16. The molecule has 0 fully saturated rings. The normalized spacial score (nSPS) is 11.8. The molecular weight excluding hydrogens is 476 g/mol. The van der Waals surface area contributed by atoms with E-state index in [0.29, 0.717) is 25.7 Å². The van der Waals surface area contributed by atoms with Gasteiger partial charge in [-0.1, -0.05) is 35.3 Å². The number of aromatic amines is 1. The van der Waals surface area contributed by atoms with E-state index in [1.807, 2.05) is 6.07 Å². The van der Waals surface area contributed by atoms with Gasteiger partial charge in [0.05, 0.1) is 17.6 Å². The van der Waals surface area contributed by atoms with Gasteiger partial charge in [0.15, 0.2) is 11.6 Å². The van der Waals surface area contributed by atoms with Gasteiger partial charge in [0, 0.05) is 34.1 Å². The monoisotopic (exact) mass is 489 g/mol. The van der Waals surface area contributed by atoms with E-state index in [1.54, 1.807) is 30.5 Å². The number of fused-ring (bicyclic) bond motifs is 1. The Labute approximate surface area is 194 Å². The third kappa shape index (κ3) is 4.38. The molecule has 6 nitrogen and oxygen atoms in total. The fourth-order valence-electron chi connectivity index (χ4n) is 2.98. The van der Waals surface area contributed by atoms with Gasteiger partial charge in [-0.2, -0.15) is 0 Å². The van der Waals surface area contributed by atoms with Gasteiger partial charge in [-0.25, -0.2) is 13.8 Å². The second-order valence-electron chi connectivity index (χ2n) is 6.56. The van der Waals surface area contributed by atoms with Crippen LogP contribution < -0.4 is 16.0 Å². The van der Waals surface area contributed by atoms with Gasteiger partial charge in [-0.15, -0.1) is 11.3 Å². The van der Waals surface area contributed by atoms with Gasteiger partial charge >= 0.3 is 5.69 Å². The predicted octanol–water partition coefficient (Wildman–Crippen LogP) is 5.42. The Morgan fingerprint density at radius 1 is 1.19 bits per heavy atom. The van der Waals surface area contributed by atoms with E-state index in [9.17, 15) is 14.0 Å². The van der Waals surface area contributed by atoms with Gasteiger partial charge in [-0.3, -0.25) is 9.79 Å². The summed E-state index contributed by atoms with van der Waals surface area (Å²) in [6.07, 6.45) is 4.15. The number of H-pyrrole nitrogens is 1. The van der Waals surface area contributed by atoms with Crippen LogP contribution in [0.5, 0.6) is 5.75 Å². The Balaban J connectivity index is 1.71. The topological polar surface area (TPSA) is 76.5 Å². The van der Waals surface area contributed by atoms with Gasteiger partial charge in [0.2, 0.25) is 0 Å². The molecule has 0 atom stereocenters. The average molecular weight is 490 g/mol. The summed E-state index contributed by atoms with van der Waals surface area (Å²) in [5, 5.41) is 0.733. The van der Waals surface area contributed by atoms with Crippen LogP contribution in [0.3, 0.4) is 0 Å². The van der Waals surface area contributed by atoms with Crippen LogP contribution in [0, 0.1) is 5.82 Å². The first-order valence-electron chi connectivity index (χ1n) is 9.14. The molecule has 0 saturated carbocycles. The van der Waals surface area contributed by atoms with Crippen LogP contribution >= 0.6 is 34.5 Å². The summed E-state index contributed by atoms with van der Waals surface area (Å²) in [4.78, 5) is 32.6. The number of aromatic nitrogens is 2. The van der Waals surface area contributed by atoms with E-state index in [4.69, 9.17) is 27.9 Å². The lowest BCUT2D eigenvalue weighted by Crippen LogP contribution is -2.30. The number of methoxy groups -OCH3 is 1. The first kappa shape index (κ1) is 22.0. The number of rotatable bonds is 5. The minimum absolute atomic E-state index is 0.0215. The summed E-state index contributed by atoms with van der Waals surface area (Å²) in [6, 6.07) is 11.3. The van der Waals surface area contributed by atoms with Crippen molar-refractivity contribution >= 4 is 57.2 Å². The molecular formula is C22H14Cl2FN3O3S. The molecule has 2 aromatic carbocycles. The highest BCUT2D eigenvalue weighted by Crippen LogP contribution is 2.38. The number of hydrogen-bond donors (Lipinski definition) is 1. The Hall–Kier alpha value is -3.20. The molecule has 162 valence electrons. The summed E-state index contributed by atoms with van der Waals surface area (Å²) >= 11 is 13.2. The van der Waals surface area contributed by atoms with Crippen molar-refractivity contribution in [3.8, 4) is 16.2 Å². The van der Waals surface area contributed by atoms with E-state index in [-0.39, 0.29) is 10.8 Å². The Bertz CT molecular complexity index is 1500. The van der Waals surface area contributed by atoms with Crippen LogP contribution in [-0.2, 0) is 0 Å². The molecule has 4 aromatic rings. The average Bonchev–Trinajstić information content (AvgIpc) is 3.17. The summed E-state index contributed by atoms with van der Waals surface area (Å²) < 4.78 is 20.1. The van der Waals surface area contributed by atoms with Crippen molar-refractivity contribution in [3.05, 3.63) is 90.9 Å². The quantitative estimate of drug-likeness (QED) is 0.380. The summed E-state index contributed by atoms with van der Waals surface area (Å²) in [7, 11) is 1.35. The molecule has 2 heterocycles. The molecule has 0 amide bonds. The number of benzene rings is 2. The smallest absolute Gasteiger partial charge is 0.333 e. The second-order valence-corrected chi connectivity index (χ2v) is 8.45. The molecule has 2 aromatic heterocycles.